The van der Waals surface area contributed by atoms with Crippen molar-refractivity contribution in [3.63, 3.8) is 0 Å². The van der Waals surface area contributed by atoms with Crippen LogP contribution in [0, 0.1) is 0 Å². The molecule has 0 aliphatic carbocycles. The van der Waals surface area contributed by atoms with Gasteiger partial charge in [0.1, 0.15) is 5.75 Å². The van der Waals surface area contributed by atoms with Crippen molar-refractivity contribution >= 4 is 46.4 Å². The number of benzene rings is 2. The van der Waals surface area contributed by atoms with E-state index in [9.17, 15) is 4.79 Å². The molecule has 0 aromatic heterocycles. The number of rotatable bonds is 13. The highest BCUT2D eigenvalue weighted by Gasteiger charge is 2.20. The van der Waals surface area contributed by atoms with Crippen molar-refractivity contribution in [2.24, 2.45) is 4.99 Å². The molecule has 1 saturated heterocycles. The van der Waals surface area contributed by atoms with Gasteiger partial charge >= 0.3 is 5.97 Å². The van der Waals surface area contributed by atoms with Crippen molar-refractivity contribution in [2.75, 3.05) is 44.2 Å². The Balaban J connectivity index is 1.14. The van der Waals surface area contributed by atoms with Crippen molar-refractivity contribution < 1.29 is 14.3 Å². The topological polar surface area (TPSA) is 54.4 Å². The molecule has 2 heterocycles. The van der Waals surface area contributed by atoms with Crippen molar-refractivity contribution in [3.8, 4) is 5.75 Å². The monoisotopic (exact) mass is 573 g/mol. The number of nitrogens with zero attached hydrogens (tertiary/aromatic N) is 3. The minimum Gasteiger partial charge on any atom is -0.494 e. The Morgan fingerprint density at radius 2 is 1.77 bits per heavy atom. The van der Waals surface area contributed by atoms with Crippen molar-refractivity contribution in [2.45, 2.75) is 71.1 Å². The van der Waals surface area contributed by atoms with Crippen LogP contribution in [0.3, 0.4) is 0 Å². The number of ether oxygens (including phenoxy) is 2. The molecule has 0 amide bonds. The summed E-state index contributed by atoms with van der Waals surface area (Å²) >= 11 is 12.6. The molecule has 2 aromatic carbocycles. The van der Waals surface area contributed by atoms with Gasteiger partial charge in [-0.2, -0.15) is 0 Å². The Bertz CT molecular complexity index is 1120. The summed E-state index contributed by atoms with van der Waals surface area (Å²) in [7, 11) is 0. The summed E-state index contributed by atoms with van der Waals surface area (Å²) < 4.78 is 11.6. The van der Waals surface area contributed by atoms with Gasteiger partial charge in [0, 0.05) is 45.1 Å². The first-order valence-electron chi connectivity index (χ1n) is 14.5. The first-order chi connectivity index (χ1) is 19.0. The quantitative estimate of drug-likeness (QED) is 0.180. The molecule has 8 heteroatoms. The molecule has 0 atom stereocenters. The predicted molar refractivity (Wildman–Crippen MR) is 161 cm³/mol. The Morgan fingerprint density at radius 1 is 0.949 bits per heavy atom. The average molecular weight is 575 g/mol. The van der Waals surface area contributed by atoms with Gasteiger partial charge in [-0.1, -0.05) is 67.9 Å². The molecule has 6 nitrogen and oxygen atoms in total. The normalized spacial score (nSPS) is 15.6. The van der Waals surface area contributed by atoms with E-state index < -0.39 is 0 Å². The van der Waals surface area contributed by atoms with Crippen LogP contribution in [0.2, 0.25) is 10.0 Å². The molecule has 2 aromatic rings. The molecule has 4 rings (SSSR count). The average Bonchev–Trinajstić information content (AvgIpc) is 2.94. The van der Waals surface area contributed by atoms with E-state index in [-0.39, 0.29) is 5.97 Å². The van der Waals surface area contributed by atoms with E-state index >= 15 is 0 Å². The molecular formula is C31H41Cl2N3O3. The summed E-state index contributed by atoms with van der Waals surface area (Å²) in [6, 6.07) is 11.9. The smallest absolute Gasteiger partial charge is 0.312 e. The van der Waals surface area contributed by atoms with Gasteiger partial charge in [0.15, 0.2) is 5.90 Å². The third-order valence-corrected chi connectivity index (χ3v) is 8.22. The van der Waals surface area contributed by atoms with Crippen molar-refractivity contribution in [3.05, 3.63) is 52.0 Å². The lowest BCUT2D eigenvalue weighted by Crippen LogP contribution is -2.46. The molecule has 0 bridgehead atoms. The Labute approximate surface area is 243 Å². The fourth-order valence-electron chi connectivity index (χ4n) is 5.09. The Morgan fingerprint density at radius 3 is 2.59 bits per heavy atom. The van der Waals surface area contributed by atoms with E-state index in [0.717, 1.165) is 82.0 Å². The van der Waals surface area contributed by atoms with Gasteiger partial charge in [-0.3, -0.25) is 9.69 Å². The van der Waals surface area contributed by atoms with Crippen LogP contribution in [0.25, 0.3) is 0 Å². The van der Waals surface area contributed by atoms with Crippen LogP contribution in [0.1, 0.15) is 70.3 Å². The minimum absolute atomic E-state index is 0.171. The van der Waals surface area contributed by atoms with Crippen LogP contribution in [-0.4, -0.2) is 56.1 Å². The van der Waals surface area contributed by atoms with Gasteiger partial charge in [0.2, 0.25) is 0 Å². The zero-order chi connectivity index (χ0) is 27.5. The van der Waals surface area contributed by atoms with Gasteiger partial charge < -0.3 is 14.4 Å². The minimum atomic E-state index is -0.171. The van der Waals surface area contributed by atoms with Crippen LogP contribution in [0.4, 0.5) is 11.4 Å². The van der Waals surface area contributed by atoms with Crippen LogP contribution in [-0.2, 0) is 16.0 Å². The van der Waals surface area contributed by atoms with E-state index in [0.29, 0.717) is 35.4 Å². The molecule has 0 radical (unpaired) electrons. The first kappa shape index (κ1) is 29.7. The summed E-state index contributed by atoms with van der Waals surface area (Å²) in [5, 5.41) is 1.25. The largest absolute Gasteiger partial charge is 0.494 e. The van der Waals surface area contributed by atoms with E-state index in [1.165, 1.54) is 24.8 Å². The van der Waals surface area contributed by atoms with E-state index in [1.807, 2.05) is 30.3 Å². The molecule has 2 aliphatic rings. The lowest BCUT2D eigenvalue weighted by Gasteiger charge is -2.36. The van der Waals surface area contributed by atoms with Gasteiger partial charge in [-0.15, -0.1) is 0 Å². The number of carbonyl (C=O) groups excluding carboxylic acids is 1. The molecule has 1 fully saturated rings. The van der Waals surface area contributed by atoms with Crippen molar-refractivity contribution in [1.82, 2.24) is 4.90 Å². The number of aliphatic imine (C=N–C) groups is 1. The Kier molecular flexibility index (Phi) is 11.8. The summed E-state index contributed by atoms with van der Waals surface area (Å²) in [5.41, 5.74) is 3.04. The molecule has 0 spiro atoms. The first-order valence-corrected chi connectivity index (χ1v) is 15.2. The van der Waals surface area contributed by atoms with Gasteiger partial charge in [-0.25, -0.2) is 4.99 Å². The lowest BCUT2D eigenvalue weighted by atomic mass is 10.0. The molecule has 0 unspecified atom stereocenters. The summed E-state index contributed by atoms with van der Waals surface area (Å²) in [4.78, 5) is 21.6. The fraction of sp³-hybridized carbons (Fsp3) is 0.548. The second-order valence-electron chi connectivity index (χ2n) is 10.4. The second-order valence-corrected chi connectivity index (χ2v) is 11.2. The van der Waals surface area contributed by atoms with Gasteiger partial charge in [0.25, 0.3) is 0 Å². The van der Waals surface area contributed by atoms with Crippen LogP contribution in [0.15, 0.2) is 41.4 Å². The van der Waals surface area contributed by atoms with Crippen LogP contribution >= 0.6 is 23.2 Å². The van der Waals surface area contributed by atoms with Crippen LogP contribution < -0.4 is 9.64 Å². The maximum atomic E-state index is 12.2. The number of piperazine rings is 1. The number of unbranched alkanes of at least 4 members (excludes halogenated alkanes) is 5. The van der Waals surface area contributed by atoms with E-state index in [2.05, 4.69) is 27.8 Å². The summed E-state index contributed by atoms with van der Waals surface area (Å²) in [6.07, 6.45) is 9.59. The maximum absolute atomic E-state index is 12.2. The number of halogens is 2. The zero-order valence-corrected chi connectivity index (χ0v) is 24.6. The SMILES string of the molecule is CCCCCCCC(=O)OC1=Nc2cc(OCCCCN3CCN(c4cccc(Cl)c4Cl)CC3)ccc2CC1. The molecule has 0 N–H and O–H groups in total. The highest BCUT2D eigenvalue weighted by atomic mass is 35.5. The molecule has 0 saturated carbocycles. The third-order valence-electron chi connectivity index (χ3n) is 7.41. The molecule has 212 valence electrons. The van der Waals surface area contributed by atoms with Gasteiger partial charge in [0.05, 0.1) is 28.0 Å². The number of anilines is 1. The predicted octanol–water partition coefficient (Wildman–Crippen LogP) is 7.85. The van der Waals surface area contributed by atoms with Crippen LogP contribution in [0.5, 0.6) is 5.75 Å². The van der Waals surface area contributed by atoms with Gasteiger partial charge in [-0.05, 0) is 56.0 Å². The number of fused-ring (bicyclic) bond motifs is 1. The summed E-state index contributed by atoms with van der Waals surface area (Å²) in [6.45, 7) is 7.83. The Hall–Kier alpha value is -2.28. The van der Waals surface area contributed by atoms with E-state index in [4.69, 9.17) is 32.7 Å². The maximum Gasteiger partial charge on any atom is 0.312 e. The highest BCUT2D eigenvalue weighted by molar-refractivity contribution is 6.43. The molecule has 2 aliphatic heterocycles. The van der Waals surface area contributed by atoms with Crippen molar-refractivity contribution in [1.29, 1.82) is 0 Å². The number of hydrogen-bond donors (Lipinski definition) is 0. The standard InChI is InChI=1S/C31H41Cl2N3O3/c1-2-3-4-5-6-12-30(37)39-29-16-14-24-13-15-25(23-27(24)34-29)38-22-8-7-17-35-18-20-36(21-19-35)28-11-9-10-26(32)31(28)33/h9-11,13,15,23H,2-8,12,14,16-22H2,1H3. The molecule has 39 heavy (non-hydrogen) atoms. The van der Waals surface area contributed by atoms with E-state index in [1.54, 1.807) is 0 Å². The fourth-order valence-corrected chi connectivity index (χ4v) is 5.50. The molecular weight excluding hydrogens is 533 g/mol. The number of aryl methyl sites for hydroxylation is 1. The lowest BCUT2D eigenvalue weighted by molar-refractivity contribution is -0.135. The summed E-state index contributed by atoms with van der Waals surface area (Å²) in [5.74, 6) is 1.17. The zero-order valence-electron chi connectivity index (χ0n) is 23.1. The number of hydrogen-bond acceptors (Lipinski definition) is 6. The number of carbonyl (C=O) groups is 1. The third kappa shape index (κ3) is 9.12. The second kappa shape index (κ2) is 15.5. The highest BCUT2D eigenvalue weighted by Crippen LogP contribution is 2.33. The number of esters is 1.